The second-order valence-electron chi connectivity index (χ2n) is 6.86. The largest absolute Gasteiger partial charge is 0.335 e. The van der Waals surface area contributed by atoms with Crippen molar-refractivity contribution in [1.29, 1.82) is 0 Å². The van der Waals surface area contributed by atoms with Crippen molar-refractivity contribution in [3.05, 3.63) is 84.6 Å². The lowest BCUT2D eigenvalue weighted by molar-refractivity contribution is -0.364. The number of nitrogens with one attached hydrogen (secondary N) is 1. The molecule has 1 saturated heterocycles. The van der Waals surface area contributed by atoms with Gasteiger partial charge in [-0.1, -0.05) is 60.7 Å². The Morgan fingerprint density at radius 2 is 1.44 bits per heavy atom. The molecular formula is C23H24N3O+. The minimum absolute atomic E-state index is 0.208. The van der Waals surface area contributed by atoms with Crippen LogP contribution in [0.1, 0.15) is 5.56 Å². The van der Waals surface area contributed by atoms with E-state index in [1.807, 2.05) is 41.4 Å². The standard InChI is InChI=1S/C23H23N3O/c27-23(26-16-14-25(15-17-26)22-8-4-5-13-24-22)18-19-9-11-21(12-10-19)20-6-2-1-3-7-20/h1-13H,14-18H2/p+1. The van der Waals surface area contributed by atoms with Gasteiger partial charge in [-0.25, -0.2) is 4.98 Å². The fourth-order valence-electron chi connectivity index (χ4n) is 3.51. The quantitative estimate of drug-likeness (QED) is 0.719. The Kier molecular flexibility index (Phi) is 5.15. The third-order valence-corrected chi connectivity index (χ3v) is 5.08. The van der Waals surface area contributed by atoms with Gasteiger partial charge in [0.05, 0.1) is 25.7 Å². The van der Waals surface area contributed by atoms with Crippen molar-refractivity contribution in [2.75, 3.05) is 31.1 Å². The summed E-state index contributed by atoms with van der Waals surface area (Å²) in [6.07, 6.45) is 2.40. The van der Waals surface area contributed by atoms with E-state index in [4.69, 9.17) is 0 Å². The third-order valence-electron chi connectivity index (χ3n) is 5.08. The zero-order valence-electron chi connectivity index (χ0n) is 15.3. The molecule has 0 aliphatic carbocycles. The molecule has 0 bridgehead atoms. The second kappa shape index (κ2) is 8.04. The lowest BCUT2D eigenvalue weighted by Gasteiger charge is -2.31. The van der Waals surface area contributed by atoms with Crippen LogP contribution in [0.15, 0.2) is 79.0 Å². The van der Waals surface area contributed by atoms with E-state index in [-0.39, 0.29) is 5.91 Å². The van der Waals surface area contributed by atoms with Crippen molar-refractivity contribution >= 4 is 11.7 Å². The molecule has 0 saturated carbocycles. The summed E-state index contributed by atoms with van der Waals surface area (Å²) in [6.45, 7) is 3.26. The van der Waals surface area contributed by atoms with Gasteiger partial charge in [-0.3, -0.25) is 9.69 Å². The van der Waals surface area contributed by atoms with Crippen LogP contribution in [0.25, 0.3) is 11.1 Å². The molecule has 27 heavy (non-hydrogen) atoms. The first-order chi connectivity index (χ1) is 13.3. The number of aromatic nitrogens is 1. The Morgan fingerprint density at radius 3 is 2.11 bits per heavy atom. The van der Waals surface area contributed by atoms with E-state index in [9.17, 15) is 4.79 Å². The number of carbonyl (C=O) groups excluding carboxylic acids is 1. The highest BCUT2D eigenvalue weighted by Gasteiger charge is 2.25. The van der Waals surface area contributed by atoms with Gasteiger partial charge in [-0.2, -0.15) is 0 Å². The summed E-state index contributed by atoms with van der Waals surface area (Å²) in [4.78, 5) is 20.2. The zero-order valence-corrected chi connectivity index (χ0v) is 15.3. The van der Waals surface area contributed by atoms with Gasteiger partial charge in [-0.05, 0) is 22.8 Å². The molecule has 0 atom stereocenters. The van der Waals surface area contributed by atoms with E-state index in [0.717, 1.165) is 37.6 Å². The summed E-state index contributed by atoms with van der Waals surface area (Å²) in [5, 5.41) is 0. The molecule has 0 radical (unpaired) electrons. The number of pyridine rings is 1. The number of carbonyl (C=O) groups is 1. The van der Waals surface area contributed by atoms with Crippen molar-refractivity contribution in [3.8, 4) is 11.1 Å². The Labute approximate surface area is 160 Å². The van der Waals surface area contributed by atoms with Crippen LogP contribution in [0.3, 0.4) is 0 Å². The first-order valence-corrected chi connectivity index (χ1v) is 9.43. The SMILES string of the molecule is O=C(Cc1ccc(-c2ccccc2)cc1)N1CCN(c2cccc[nH+]2)CC1. The molecule has 1 aliphatic rings. The number of H-pyrrole nitrogens is 1. The van der Waals surface area contributed by atoms with Gasteiger partial charge in [0, 0.05) is 6.07 Å². The summed E-state index contributed by atoms with van der Waals surface area (Å²) in [5.74, 6) is 1.32. The van der Waals surface area contributed by atoms with E-state index in [1.165, 1.54) is 11.1 Å². The summed E-state index contributed by atoms with van der Waals surface area (Å²) in [6, 6.07) is 24.7. The predicted octanol–water partition coefficient (Wildman–Crippen LogP) is 3.06. The highest BCUT2D eigenvalue weighted by molar-refractivity contribution is 5.79. The molecule has 4 nitrogen and oxygen atoms in total. The van der Waals surface area contributed by atoms with Gasteiger partial charge in [0.25, 0.3) is 5.82 Å². The minimum atomic E-state index is 0.208. The number of nitrogens with zero attached hydrogens (tertiary/aromatic N) is 2. The van der Waals surface area contributed by atoms with Crippen LogP contribution in [0.2, 0.25) is 0 Å². The van der Waals surface area contributed by atoms with Crippen molar-refractivity contribution in [3.63, 3.8) is 0 Å². The molecule has 4 heteroatoms. The highest BCUT2D eigenvalue weighted by atomic mass is 16.2. The molecule has 1 fully saturated rings. The molecule has 2 heterocycles. The number of anilines is 1. The molecule has 1 N–H and O–H groups in total. The maximum atomic E-state index is 12.7. The number of benzene rings is 2. The summed E-state index contributed by atoms with van der Waals surface area (Å²) in [5.41, 5.74) is 3.45. The van der Waals surface area contributed by atoms with Crippen molar-refractivity contribution in [1.82, 2.24) is 4.90 Å². The number of aromatic amines is 1. The van der Waals surface area contributed by atoms with Crippen LogP contribution < -0.4 is 9.88 Å². The Morgan fingerprint density at radius 1 is 0.778 bits per heavy atom. The summed E-state index contributed by atoms with van der Waals surface area (Å²) >= 11 is 0. The average Bonchev–Trinajstić information content (AvgIpc) is 2.76. The van der Waals surface area contributed by atoms with Crippen LogP contribution in [0.5, 0.6) is 0 Å². The number of hydrogen-bond donors (Lipinski definition) is 0. The molecule has 2 aromatic carbocycles. The summed E-state index contributed by atoms with van der Waals surface area (Å²) in [7, 11) is 0. The number of rotatable bonds is 4. The van der Waals surface area contributed by atoms with Crippen LogP contribution in [0, 0.1) is 0 Å². The smallest absolute Gasteiger partial charge is 0.274 e. The van der Waals surface area contributed by atoms with Gasteiger partial charge < -0.3 is 4.90 Å². The van der Waals surface area contributed by atoms with E-state index < -0.39 is 0 Å². The Bertz CT molecular complexity index is 871. The lowest BCUT2D eigenvalue weighted by Crippen LogP contribution is -2.50. The molecular weight excluding hydrogens is 334 g/mol. The van der Waals surface area contributed by atoms with Crippen LogP contribution in [-0.2, 0) is 11.2 Å². The average molecular weight is 358 g/mol. The molecule has 1 aromatic heterocycles. The van der Waals surface area contributed by atoms with Crippen LogP contribution in [-0.4, -0.2) is 37.0 Å². The maximum absolute atomic E-state index is 12.7. The molecule has 3 aromatic rings. The monoisotopic (exact) mass is 358 g/mol. The van der Waals surface area contributed by atoms with Crippen LogP contribution in [0.4, 0.5) is 5.82 Å². The molecule has 136 valence electrons. The van der Waals surface area contributed by atoms with Gasteiger partial charge in [0.1, 0.15) is 13.1 Å². The molecule has 1 aliphatic heterocycles. The fraction of sp³-hybridized carbons (Fsp3) is 0.217. The fourth-order valence-corrected chi connectivity index (χ4v) is 3.51. The van der Waals surface area contributed by atoms with Crippen molar-refractivity contribution in [2.24, 2.45) is 0 Å². The van der Waals surface area contributed by atoms with E-state index in [0.29, 0.717) is 6.42 Å². The van der Waals surface area contributed by atoms with Gasteiger partial charge in [0.2, 0.25) is 5.91 Å². The first-order valence-electron chi connectivity index (χ1n) is 9.43. The Balaban J connectivity index is 1.33. The summed E-state index contributed by atoms with van der Waals surface area (Å²) < 4.78 is 0. The van der Waals surface area contributed by atoms with Crippen molar-refractivity contribution < 1.29 is 9.78 Å². The predicted molar refractivity (Wildman–Crippen MR) is 107 cm³/mol. The van der Waals surface area contributed by atoms with E-state index >= 15 is 0 Å². The number of amides is 1. The number of piperazine rings is 1. The third kappa shape index (κ3) is 4.17. The highest BCUT2D eigenvalue weighted by Crippen LogP contribution is 2.20. The molecule has 0 unspecified atom stereocenters. The topological polar surface area (TPSA) is 37.7 Å². The van der Waals surface area contributed by atoms with Gasteiger partial charge in [-0.15, -0.1) is 0 Å². The zero-order chi connectivity index (χ0) is 18.5. The normalized spacial score (nSPS) is 14.2. The first kappa shape index (κ1) is 17.3. The van der Waals surface area contributed by atoms with E-state index in [1.54, 1.807) is 0 Å². The Hall–Kier alpha value is -3.14. The lowest BCUT2D eigenvalue weighted by atomic mass is 10.0. The van der Waals surface area contributed by atoms with Gasteiger partial charge >= 0.3 is 0 Å². The maximum Gasteiger partial charge on any atom is 0.274 e. The molecule has 1 amide bonds. The van der Waals surface area contributed by atoms with E-state index in [2.05, 4.69) is 52.3 Å². The van der Waals surface area contributed by atoms with Crippen LogP contribution >= 0.6 is 0 Å². The molecule has 0 spiro atoms. The second-order valence-corrected chi connectivity index (χ2v) is 6.86. The molecule has 4 rings (SSSR count). The number of hydrogen-bond acceptors (Lipinski definition) is 2. The minimum Gasteiger partial charge on any atom is -0.335 e. The van der Waals surface area contributed by atoms with Gasteiger partial charge in [0.15, 0.2) is 0 Å². The van der Waals surface area contributed by atoms with Crippen molar-refractivity contribution in [2.45, 2.75) is 6.42 Å².